The van der Waals surface area contributed by atoms with Gasteiger partial charge < -0.3 is 0 Å². The second kappa shape index (κ2) is 10.9. The lowest BCUT2D eigenvalue weighted by atomic mass is 9.91. The summed E-state index contributed by atoms with van der Waals surface area (Å²) in [5.74, 6) is 0.0110. The highest BCUT2D eigenvalue weighted by molar-refractivity contribution is 6.00. The maximum absolute atomic E-state index is 12.0. The van der Waals surface area contributed by atoms with Crippen molar-refractivity contribution in [3.8, 4) is 0 Å². The van der Waals surface area contributed by atoms with Gasteiger partial charge in [0.2, 0.25) is 11.8 Å². The average Bonchev–Trinajstić information content (AvgIpc) is 2.64. The van der Waals surface area contributed by atoms with Crippen molar-refractivity contribution in [2.75, 3.05) is 7.05 Å². The lowest BCUT2D eigenvalue weighted by Gasteiger charge is -2.30. The molecule has 5 nitrogen and oxygen atoms in total. The zero-order valence-corrected chi connectivity index (χ0v) is 16.7. The van der Waals surface area contributed by atoms with E-state index in [1.807, 2.05) is 37.9 Å². The molecule has 0 bridgehead atoms. The number of carbonyl (C=O) groups excluding carboxylic acids is 3. The first-order valence-electron chi connectivity index (χ1n) is 9.62. The molecule has 2 amide bonds. The summed E-state index contributed by atoms with van der Waals surface area (Å²) in [4.78, 5) is 36.6. The second-order valence-electron chi connectivity index (χ2n) is 6.47. The smallest absolute Gasteiger partial charge is 0.243 e. The van der Waals surface area contributed by atoms with E-state index in [0.29, 0.717) is 30.9 Å². The van der Waals surface area contributed by atoms with Crippen LogP contribution in [0.25, 0.3) is 0 Å². The SMILES string of the molecule is CC.CCC(CC)c1ccc(C=O)c(CN(C)C2CCC(=O)NC2=O)c1. The number of amides is 2. The van der Waals surface area contributed by atoms with Gasteiger partial charge in [-0.25, -0.2) is 0 Å². The third-order valence-electron chi connectivity index (χ3n) is 4.91. The number of benzene rings is 1. The Hall–Kier alpha value is -2.01. The minimum Gasteiger partial charge on any atom is -0.298 e. The predicted octanol–water partition coefficient (Wildman–Crippen LogP) is 3.67. The summed E-state index contributed by atoms with van der Waals surface area (Å²) in [6.45, 7) is 8.84. The van der Waals surface area contributed by atoms with Crippen molar-refractivity contribution in [1.29, 1.82) is 0 Å². The van der Waals surface area contributed by atoms with Gasteiger partial charge in [0.05, 0.1) is 6.04 Å². The van der Waals surface area contributed by atoms with Crippen molar-refractivity contribution in [3.05, 3.63) is 34.9 Å². The molecule has 1 aliphatic rings. The van der Waals surface area contributed by atoms with Gasteiger partial charge in [-0.15, -0.1) is 0 Å². The lowest BCUT2D eigenvalue weighted by molar-refractivity contribution is -0.137. The first-order chi connectivity index (χ1) is 12.5. The van der Waals surface area contributed by atoms with E-state index < -0.39 is 0 Å². The van der Waals surface area contributed by atoms with Crippen molar-refractivity contribution in [3.63, 3.8) is 0 Å². The number of rotatable bonds is 7. The monoisotopic (exact) mass is 360 g/mol. The molecule has 1 saturated heterocycles. The zero-order chi connectivity index (χ0) is 19.7. The number of imide groups is 1. The van der Waals surface area contributed by atoms with Gasteiger partial charge in [0, 0.05) is 18.5 Å². The fourth-order valence-corrected chi connectivity index (χ4v) is 3.37. The van der Waals surface area contributed by atoms with Crippen LogP contribution in [-0.2, 0) is 16.1 Å². The Bertz CT molecular complexity index is 624. The predicted molar refractivity (Wildman–Crippen MR) is 104 cm³/mol. The first-order valence-corrected chi connectivity index (χ1v) is 9.62. The summed E-state index contributed by atoms with van der Waals surface area (Å²) in [6.07, 6.45) is 3.85. The molecule has 1 N–H and O–H groups in total. The molecule has 0 saturated carbocycles. The highest BCUT2D eigenvalue weighted by Gasteiger charge is 2.30. The molecule has 0 aliphatic carbocycles. The van der Waals surface area contributed by atoms with Crippen LogP contribution in [-0.4, -0.2) is 36.1 Å². The van der Waals surface area contributed by atoms with E-state index in [4.69, 9.17) is 0 Å². The molecule has 144 valence electrons. The number of carbonyl (C=O) groups is 3. The quantitative estimate of drug-likeness (QED) is 0.595. The molecule has 1 aromatic carbocycles. The Kier molecular flexibility index (Phi) is 9.21. The summed E-state index contributed by atoms with van der Waals surface area (Å²) in [7, 11) is 1.86. The van der Waals surface area contributed by atoms with E-state index >= 15 is 0 Å². The number of nitrogens with one attached hydrogen (secondary N) is 1. The molecule has 1 atom stereocenters. The molecule has 1 fully saturated rings. The Morgan fingerprint density at radius 1 is 1.23 bits per heavy atom. The van der Waals surface area contributed by atoms with Gasteiger partial charge in [-0.05, 0) is 43.4 Å². The molecule has 1 unspecified atom stereocenters. The van der Waals surface area contributed by atoms with Gasteiger partial charge in [0.15, 0.2) is 0 Å². The number of aldehydes is 1. The minimum absolute atomic E-state index is 0.214. The molecule has 0 radical (unpaired) electrons. The molecule has 26 heavy (non-hydrogen) atoms. The van der Waals surface area contributed by atoms with Crippen LogP contribution < -0.4 is 5.32 Å². The van der Waals surface area contributed by atoms with Crippen LogP contribution in [0.2, 0.25) is 0 Å². The molecule has 0 aromatic heterocycles. The summed E-state index contributed by atoms with van der Waals surface area (Å²) in [6, 6.07) is 5.65. The van der Waals surface area contributed by atoms with Crippen LogP contribution >= 0.6 is 0 Å². The number of hydrogen-bond donors (Lipinski definition) is 1. The Morgan fingerprint density at radius 2 is 1.88 bits per heavy atom. The van der Waals surface area contributed by atoms with E-state index in [9.17, 15) is 14.4 Å². The molecule has 1 aromatic rings. The molecule has 5 heteroatoms. The molecule has 1 heterocycles. The third-order valence-corrected chi connectivity index (χ3v) is 4.91. The van der Waals surface area contributed by atoms with Gasteiger partial charge >= 0.3 is 0 Å². The summed E-state index contributed by atoms with van der Waals surface area (Å²) < 4.78 is 0. The maximum atomic E-state index is 12.0. The summed E-state index contributed by atoms with van der Waals surface area (Å²) in [5, 5.41) is 2.38. The van der Waals surface area contributed by atoms with E-state index in [2.05, 4.69) is 25.2 Å². The van der Waals surface area contributed by atoms with Crippen LogP contribution in [0.3, 0.4) is 0 Å². The van der Waals surface area contributed by atoms with Crippen molar-refractivity contribution >= 4 is 18.1 Å². The van der Waals surface area contributed by atoms with Gasteiger partial charge in [0.1, 0.15) is 6.29 Å². The average molecular weight is 360 g/mol. The van der Waals surface area contributed by atoms with E-state index in [-0.39, 0.29) is 17.9 Å². The van der Waals surface area contributed by atoms with Crippen molar-refractivity contribution in [2.45, 2.75) is 71.9 Å². The van der Waals surface area contributed by atoms with Crippen LogP contribution in [0.1, 0.15) is 80.8 Å². The number of piperidine rings is 1. The Balaban J connectivity index is 0.00000163. The lowest BCUT2D eigenvalue weighted by Crippen LogP contribution is -2.51. The van der Waals surface area contributed by atoms with Crippen LogP contribution in [0.15, 0.2) is 18.2 Å². The fraction of sp³-hybridized carbons (Fsp3) is 0.571. The van der Waals surface area contributed by atoms with Crippen LogP contribution in [0, 0.1) is 0 Å². The standard InChI is InChI=1S/C19H26N2O3.C2H6/c1-4-13(5-2)14-6-7-15(12-22)16(10-14)11-21(3)17-8-9-18(23)20-19(17)24;1-2/h6-7,10,12-13,17H,4-5,8-9,11H2,1-3H3,(H,20,23,24);1-2H3. The van der Waals surface area contributed by atoms with Crippen LogP contribution in [0.5, 0.6) is 0 Å². The highest BCUT2D eigenvalue weighted by Crippen LogP contribution is 2.26. The third kappa shape index (κ3) is 5.49. The van der Waals surface area contributed by atoms with Crippen molar-refractivity contribution < 1.29 is 14.4 Å². The Morgan fingerprint density at radius 3 is 2.42 bits per heavy atom. The molecular formula is C21H32N2O3. The Labute approximate surface area is 157 Å². The van der Waals surface area contributed by atoms with E-state index in [0.717, 1.165) is 24.7 Å². The minimum atomic E-state index is -0.334. The topological polar surface area (TPSA) is 66.5 Å². The maximum Gasteiger partial charge on any atom is 0.243 e. The second-order valence-corrected chi connectivity index (χ2v) is 6.47. The molecule has 0 spiro atoms. The number of nitrogens with zero attached hydrogens (tertiary/aromatic N) is 1. The largest absolute Gasteiger partial charge is 0.298 e. The van der Waals surface area contributed by atoms with Gasteiger partial charge in [-0.2, -0.15) is 0 Å². The van der Waals surface area contributed by atoms with Gasteiger partial charge in [-0.3, -0.25) is 24.6 Å². The molecular weight excluding hydrogens is 328 g/mol. The molecule has 1 aliphatic heterocycles. The van der Waals surface area contributed by atoms with Crippen molar-refractivity contribution in [2.24, 2.45) is 0 Å². The van der Waals surface area contributed by atoms with E-state index in [1.165, 1.54) is 5.56 Å². The summed E-state index contributed by atoms with van der Waals surface area (Å²) in [5.41, 5.74) is 2.82. The van der Waals surface area contributed by atoms with E-state index in [1.54, 1.807) is 0 Å². The highest BCUT2D eigenvalue weighted by atomic mass is 16.2. The van der Waals surface area contributed by atoms with Crippen molar-refractivity contribution in [1.82, 2.24) is 10.2 Å². The summed E-state index contributed by atoms with van der Waals surface area (Å²) >= 11 is 0. The fourth-order valence-electron chi connectivity index (χ4n) is 3.37. The zero-order valence-electron chi connectivity index (χ0n) is 16.7. The number of likely N-dealkylation sites (N-methyl/N-ethyl adjacent to an activating group) is 1. The van der Waals surface area contributed by atoms with Gasteiger partial charge in [0.25, 0.3) is 0 Å². The van der Waals surface area contributed by atoms with Gasteiger partial charge in [-0.1, -0.05) is 45.9 Å². The molecule has 2 rings (SSSR count). The number of hydrogen-bond acceptors (Lipinski definition) is 4. The van der Waals surface area contributed by atoms with Crippen LogP contribution in [0.4, 0.5) is 0 Å². The normalized spacial score (nSPS) is 17.0. The first kappa shape index (κ1) is 22.0.